The van der Waals surface area contributed by atoms with E-state index in [4.69, 9.17) is 39.5 Å². The van der Waals surface area contributed by atoms with Crippen molar-refractivity contribution >= 4 is 40.7 Å². The zero-order valence-corrected chi connectivity index (χ0v) is 13.2. The smallest absolute Gasteiger partial charge is 0.255 e. The quantitative estimate of drug-likeness (QED) is 0.782. The van der Waals surface area contributed by atoms with Gasteiger partial charge in [-0.25, -0.2) is 0 Å². The predicted molar refractivity (Wildman–Crippen MR) is 82.1 cm³/mol. The summed E-state index contributed by atoms with van der Waals surface area (Å²) in [6.45, 7) is 1.88. The molecule has 1 aliphatic rings. The molecule has 2 rings (SSSR count). The molecule has 6 heteroatoms. The van der Waals surface area contributed by atoms with Crippen molar-refractivity contribution in [3.63, 3.8) is 0 Å². The fourth-order valence-electron chi connectivity index (χ4n) is 2.27. The van der Waals surface area contributed by atoms with E-state index in [2.05, 4.69) is 0 Å². The number of carbonyl (C=O) groups is 1. The SMILES string of the molecule is O=C(c1cc(Cl)ccc1Cl)N1CCC(OCCCl)CC1. The van der Waals surface area contributed by atoms with Gasteiger partial charge in [-0.1, -0.05) is 23.2 Å². The summed E-state index contributed by atoms with van der Waals surface area (Å²) in [5.41, 5.74) is 0.458. The van der Waals surface area contributed by atoms with Crippen LogP contribution in [0.4, 0.5) is 0 Å². The zero-order chi connectivity index (χ0) is 14.5. The molecular formula is C14H16Cl3NO2. The monoisotopic (exact) mass is 335 g/mol. The number of nitrogens with zero attached hydrogens (tertiary/aromatic N) is 1. The molecule has 110 valence electrons. The molecular weight excluding hydrogens is 321 g/mol. The van der Waals surface area contributed by atoms with Gasteiger partial charge in [0.05, 0.1) is 23.3 Å². The Morgan fingerprint density at radius 3 is 2.65 bits per heavy atom. The predicted octanol–water partition coefficient (Wildman–Crippen LogP) is 3.85. The van der Waals surface area contributed by atoms with E-state index in [1.54, 1.807) is 23.1 Å². The Morgan fingerprint density at radius 1 is 1.30 bits per heavy atom. The van der Waals surface area contributed by atoms with Gasteiger partial charge < -0.3 is 9.64 Å². The summed E-state index contributed by atoms with van der Waals surface area (Å²) in [5.74, 6) is 0.422. The molecule has 0 saturated carbocycles. The summed E-state index contributed by atoms with van der Waals surface area (Å²) in [7, 11) is 0. The Labute approximate surface area is 133 Å². The minimum absolute atomic E-state index is 0.0757. The third-order valence-corrected chi connectivity index (χ3v) is 4.04. The summed E-state index contributed by atoms with van der Waals surface area (Å²) in [6, 6.07) is 4.93. The highest BCUT2D eigenvalue weighted by Crippen LogP contribution is 2.24. The fraction of sp³-hybridized carbons (Fsp3) is 0.500. The second kappa shape index (κ2) is 7.51. The van der Waals surface area contributed by atoms with E-state index >= 15 is 0 Å². The molecule has 0 spiro atoms. The van der Waals surface area contributed by atoms with Crippen LogP contribution in [0.2, 0.25) is 10.0 Å². The minimum atomic E-state index is -0.0757. The van der Waals surface area contributed by atoms with Crippen molar-refractivity contribution in [2.24, 2.45) is 0 Å². The van der Waals surface area contributed by atoms with Crippen molar-refractivity contribution in [1.82, 2.24) is 4.90 Å². The van der Waals surface area contributed by atoms with E-state index < -0.39 is 0 Å². The van der Waals surface area contributed by atoms with Gasteiger partial charge in [-0.3, -0.25) is 4.79 Å². The van der Waals surface area contributed by atoms with E-state index in [0.717, 1.165) is 12.8 Å². The average molecular weight is 337 g/mol. The van der Waals surface area contributed by atoms with Crippen LogP contribution in [-0.2, 0) is 4.74 Å². The van der Waals surface area contributed by atoms with Gasteiger partial charge >= 0.3 is 0 Å². The third kappa shape index (κ3) is 4.01. The third-order valence-electron chi connectivity index (χ3n) is 3.32. The van der Waals surface area contributed by atoms with Crippen LogP contribution in [-0.4, -0.2) is 42.5 Å². The summed E-state index contributed by atoms with van der Waals surface area (Å²) in [6.07, 6.45) is 1.83. The molecule has 0 bridgehead atoms. The summed E-state index contributed by atoms with van der Waals surface area (Å²) >= 11 is 17.6. The van der Waals surface area contributed by atoms with Gasteiger partial charge in [0, 0.05) is 24.0 Å². The number of alkyl halides is 1. The second-order valence-corrected chi connectivity index (χ2v) is 5.90. The lowest BCUT2D eigenvalue weighted by atomic mass is 10.1. The number of carbonyl (C=O) groups excluding carboxylic acids is 1. The van der Waals surface area contributed by atoms with Gasteiger partial charge in [0.2, 0.25) is 0 Å². The first-order valence-electron chi connectivity index (χ1n) is 6.53. The van der Waals surface area contributed by atoms with Crippen LogP contribution < -0.4 is 0 Å². The van der Waals surface area contributed by atoms with Crippen molar-refractivity contribution in [1.29, 1.82) is 0 Å². The van der Waals surface area contributed by atoms with E-state index in [1.807, 2.05) is 0 Å². The first-order valence-corrected chi connectivity index (χ1v) is 7.82. The molecule has 1 aromatic carbocycles. The number of ether oxygens (including phenoxy) is 1. The minimum Gasteiger partial charge on any atom is -0.377 e. The van der Waals surface area contributed by atoms with Crippen LogP contribution >= 0.6 is 34.8 Å². The number of hydrogen-bond donors (Lipinski definition) is 0. The molecule has 0 radical (unpaired) electrons. The average Bonchev–Trinajstić information content (AvgIpc) is 2.47. The summed E-state index contributed by atoms with van der Waals surface area (Å²) in [4.78, 5) is 14.2. The molecule has 0 aliphatic carbocycles. The number of rotatable bonds is 4. The Hall–Kier alpha value is -0.480. The van der Waals surface area contributed by atoms with E-state index in [9.17, 15) is 4.79 Å². The standard InChI is InChI=1S/C14H16Cl3NO2/c15-5-8-20-11-3-6-18(7-4-11)14(19)12-9-10(16)1-2-13(12)17/h1-2,9,11H,3-8H2. The highest BCUT2D eigenvalue weighted by molar-refractivity contribution is 6.35. The lowest BCUT2D eigenvalue weighted by Gasteiger charge is -2.32. The first-order chi connectivity index (χ1) is 9.61. The molecule has 1 aliphatic heterocycles. The van der Waals surface area contributed by atoms with Gasteiger partial charge in [-0.05, 0) is 31.0 Å². The van der Waals surface area contributed by atoms with E-state index in [0.29, 0.717) is 41.2 Å². The lowest BCUT2D eigenvalue weighted by molar-refractivity contribution is 0.0154. The largest absolute Gasteiger partial charge is 0.377 e. The van der Waals surface area contributed by atoms with Gasteiger partial charge in [0.25, 0.3) is 5.91 Å². The van der Waals surface area contributed by atoms with Crippen LogP contribution in [0.1, 0.15) is 23.2 Å². The number of benzene rings is 1. The summed E-state index contributed by atoms with van der Waals surface area (Å²) in [5, 5.41) is 0.943. The molecule has 20 heavy (non-hydrogen) atoms. The molecule has 0 atom stereocenters. The highest BCUT2D eigenvalue weighted by atomic mass is 35.5. The van der Waals surface area contributed by atoms with Crippen molar-refractivity contribution in [3.8, 4) is 0 Å². The molecule has 1 aromatic rings. The maximum atomic E-state index is 12.4. The van der Waals surface area contributed by atoms with Gasteiger partial charge in [-0.15, -0.1) is 11.6 Å². The van der Waals surface area contributed by atoms with Crippen LogP contribution in [0.15, 0.2) is 18.2 Å². The lowest BCUT2D eigenvalue weighted by Crippen LogP contribution is -2.41. The van der Waals surface area contributed by atoms with Crippen molar-refractivity contribution in [2.75, 3.05) is 25.6 Å². The van der Waals surface area contributed by atoms with Crippen LogP contribution in [0, 0.1) is 0 Å². The first kappa shape index (κ1) is 15.9. The number of likely N-dealkylation sites (tertiary alicyclic amines) is 1. The van der Waals surface area contributed by atoms with Crippen LogP contribution in [0.25, 0.3) is 0 Å². The Morgan fingerprint density at radius 2 is 2.00 bits per heavy atom. The Bertz CT molecular complexity index is 473. The number of halogens is 3. The van der Waals surface area contributed by atoms with Gasteiger partial charge in [0.1, 0.15) is 0 Å². The fourth-order valence-corrected chi connectivity index (χ4v) is 2.73. The second-order valence-electron chi connectivity index (χ2n) is 4.68. The Balaban J connectivity index is 1.96. The van der Waals surface area contributed by atoms with Gasteiger partial charge in [0.15, 0.2) is 0 Å². The highest BCUT2D eigenvalue weighted by Gasteiger charge is 2.25. The van der Waals surface area contributed by atoms with Crippen molar-refractivity contribution < 1.29 is 9.53 Å². The maximum absolute atomic E-state index is 12.4. The summed E-state index contributed by atoms with van der Waals surface area (Å²) < 4.78 is 5.59. The Kier molecular flexibility index (Phi) is 5.97. The number of amides is 1. The molecule has 1 saturated heterocycles. The van der Waals surface area contributed by atoms with Crippen molar-refractivity contribution in [3.05, 3.63) is 33.8 Å². The molecule has 1 amide bonds. The molecule has 1 heterocycles. The normalized spacial score (nSPS) is 16.4. The van der Waals surface area contributed by atoms with Crippen LogP contribution in [0.3, 0.4) is 0 Å². The van der Waals surface area contributed by atoms with E-state index in [1.165, 1.54) is 0 Å². The van der Waals surface area contributed by atoms with E-state index in [-0.39, 0.29) is 12.0 Å². The molecule has 0 aromatic heterocycles. The van der Waals surface area contributed by atoms with Crippen molar-refractivity contribution in [2.45, 2.75) is 18.9 Å². The topological polar surface area (TPSA) is 29.5 Å². The number of hydrogen-bond acceptors (Lipinski definition) is 2. The van der Waals surface area contributed by atoms with Crippen LogP contribution in [0.5, 0.6) is 0 Å². The van der Waals surface area contributed by atoms with Gasteiger partial charge in [-0.2, -0.15) is 0 Å². The zero-order valence-electron chi connectivity index (χ0n) is 10.9. The molecule has 0 N–H and O–H groups in total. The maximum Gasteiger partial charge on any atom is 0.255 e. The molecule has 3 nitrogen and oxygen atoms in total. The number of piperidine rings is 1. The molecule has 0 unspecified atom stereocenters. The molecule has 1 fully saturated rings.